The lowest BCUT2D eigenvalue weighted by atomic mass is 9.77. The number of alkyl halides is 2. The van der Waals surface area contributed by atoms with Gasteiger partial charge in [0.05, 0.1) is 21.4 Å². The Kier molecular flexibility index (Phi) is 5.47. The predicted molar refractivity (Wildman–Crippen MR) is 111 cm³/mol. The topological polar surface area (TPSA) is 49.2 Å². The lowest BCUT2D eigenvalue weighted by molar-refractivity contribution is -0.211. The SMILES string of the molecule is Cc1nc(N2CCC3(CCCC3)CC2)c(C(O)(F)F)nc1-c1cccc(Cl)c1Cl. The summed E-state index contributed by atoms with van der Waals surface area (Å²) in [6, 6.07) is 4.93. The molecule has 2 fully saturated rings. The molecule has 1 aliphatic carbocycles. The summed E-state index contributed by atoms with van der Waals surface area (Å²) in [4.78, 5) is 10.4. The standard InChI is InChI=1S/C21H23Cl2F2N3O/c1-13-17(14-5-4-6-15(22)16(14)23)27-18(21(24,25)29)19(26-13)28-11-9-20(10-12-28)7-2-3-8-20/h4-6,29H,2-3,7-12H2,1H3. The summed E-state index contributed by atoms with van der Waals surface area (Å²) >= 11 is 12.3. The van der Waals surface area contributed by atoms with E-state index < -0.39 is 11.8 Å². The van der Waals surface area contributed by atoms with E-state index in [9.17, 15) is 13.9 Å². The second-order valence-electron chi connectivity index (χ2n) is 8.17. The van der Waals surface area contributed by atoms with Gasteiger partial charge in [0.15, 0.2) is 11.5 Å². The summed E-state index contributed by atoms with van der Waals surface area (Å²) in [5.41, 5.74) is 0.656. The number of benzene rings is 1. The second-order valence-corrected chi connectivity index (χ2v) is 8.95. The first-order valence-corrected chi connectivity index (χ1v) is 10.6. The molecule has 2 aliphatic rings. The van der Waals surface area contributed by atoms with E-state index in [4.69, 9.17) is 23.2 Å². The maximum Gasteiger partial charge on any atom is 0.401 e. The van der Waals surface area contributed by atoms with Gasteiger partial charge in [-0.25, -0.2) is 9.97 Å². The van der Waals surface area contributed by atoms with Crippen LogP contribution in [-0.4, -0.2) is 28.2 Å². The van der Waals surface area contributed by atoms with E-state index in [1.54, 1.807) is 25.1 Å². The van der Waals surface area contributed by atoms with Crippen LogP contribution in [0.15, 0.2) is 18.2 Å². The molecule has 4 rings (SSSR count). The van der Waals surface area contributed by atoms with Crippen molar-refractivity contribution in [3.63, 3.8) is 0 Å². The number of rotatable bonds is 3. The molecule has 29 heavy (non-hydrogen) atoms. The van der Waals surface area contributed by atoms with Gasteiger partial charge in [0.25, 0.3) is 0 Å². The highest BCUT2D eigenvalue weighted by molar-refractivity contribution is 6.43. The highest BCUT2D eigenvalue weighted by atomic mass is 35.5. The van der Waals surface area contributed by atoms with E-state index >= 15 is 0 Å². The zero-order valence-corrected chi connectivity index (χ0v) is 17.7. The van der Waals surface area contributed by atoms with E-state index in [-0.39, 0.29) is 16.5 Å². The van der Waals surface area contributed by atoms with Gasteiger partial charge in [-0.05, 0) is 44.1 Å². The van der Waals surface area contributed by atoms with Crippen LogP contribution < -0.4 is 4.90 Å². The number of aliphatic hydroxyl groups is 1. The largest absolute Gasteiger partial charge is 0.401 e. The molecule has 0 bridgehead atoms. The van der Waals surface area contributed by atoms with E-state index in [2.05, 4.69) is 9.97 Å². The quantitative estimate of drug-likeness (QED) is 0.637. The number of hydrogen-bond acceptors (Lipinski definition) is 4. The van der Waals surface area contributed by atoms with Gasteiger partial charge in [-0.2, -0.15) is 8.78 Å². The second kappa shape index (κ2) is 7.64. The van der Waals surface area contributed by atoms with Gasteiger partial charge in [-0.1, -0.05) is 48.2 Å². The van der Waals surface area contributed by atoms with Crippen LogP contribution in [0.1, 0.15) is 49.9 Å². The first kappa shape index (κ1) is 20.8. The van der Waals surface area contributed by atoms with Gasteiger partial charge in [-0.15, -0.1) is 0 Å². The highest BCUT2D eigenvalue weighted by Gasteiger charge is 2.41. The van der Waals surface area contributed by atoms with Crippen molar-refractivity contribution in [2.45, 2.75) is 51.6 Å². The molecule has 1 saturated carbocycles. The summed E-state index contributed by atoms with van der Waals surface area (Å²) in [6.07, 6.45) is 2.69. The van der Waals surface area contributed by atoms with Gasteiger partial charge in [-0.3, -0.25) is 0 Å². The average molecular weight is 442 g/mol. The van der Waals surface area contributed by atoms with Crippen LogP contribution in [0, 0.1) is 12.3 Å². The number of anilines is 1. The molecule has 1 N–H and O–H groups in total. The van der Waals surface area contributed by atoms with Crippen LogP contribution in [0.2, 0.25) is 10.0 Å². The molecule has 156 valence electrons. The third kappa shape index (κ3) is 3.94. The Labute approximate surface area is 178 Å². The molecular formula is C21H23Cl2F2N3O. The molecule has 1 saturated heterocycles. The monoisotopic (exact) mass is 441 g/mol. The average Bonchev–Trinajstić information content (AvgIpc) is 3.12. The van der Waals surface area contributed by atoms with Gasteiger partial charge in [0, 0.05) is 18.7 Å². The van der Waals surface area contributed by atoms with Gasteiger partial charge >= 0.3 is 6.11 Å². The molecule has 4 nitrogen and oxygen atoms in total. The number of aryl methyl sites for hydroxylation is 1. The first-order chi connectivity index (χ1) is 13.7. The van der Waals surface area contributed by atoms with Gasteiger partial charge < -0.3 is 10.0 Å². The zero-order valence-electron chi connectivity index (χ0n) is 16.2. The fraction of sp³-hybridized carbons (Fsp3) is 0.524. The minimum Gasteiger partial charge on any atom is -0.355 e. The van der Waals surface area contributed by atoms with Crippen molar-refractivity contribution in [2.24, 2.45) is 5.41 Å². The Morgan fingerprint density at radius 3 is 2.34 bits per heavy atom. The summed E-state index contributed by atoms with van der Waals surface area (Å²) in [7, 11) is 0. The van der Waals surface area contributed by atoms with Crippen LogP contribution >= 0.6 is 23.2 Å². The van der Waals surface area contributed by atoms with Gasteiger partial charge in [0.2, 0.25) is 0 Å². The Morgan fingerprint density at radius 2 is 1.72 bits per heavy atom. The number of halogens is 4. The Hall–Kier alpha value is -1.50. The number of aromatic nitrogens is 2. The lowest BCUT2D eigenvalue weighted by Crippen LogP contribution is -2.40. The van der Waals surface area contributed by atoms with Crippen molar-refractivity contribution in [3.05, 3.63) is 39.6 Å². The summed E-state index contributed by atoms with van der Waals surface area (Å²) < 4.78 is 28.3. The lowest BCUT2D eigenvalue weighted by Gasteiger charge is -2.40. The van der Waals surface area contributed by atoms with Crippen molar-refractivity contribution in [1.82, 2.24) is 9.97 Å². The number of nitrogens with zero attached hydrogens (tertiary/aromatic N) is 3. The summed E-state index contributed by atoms with van der Waals surface area (Å²) in [5, 5.41) is 10.1. The molecule has 1 aliphatic heterocycles. The minimum absolute atomic E-state index is 0.0461. The van der Waals surface area contributed by atoms with Crippen molar-refractivity contribution >= 4 is 29.0 Å². The smallest absolute Gasteiger partial charge is 0.355 e. The van der Waals surface area contributed by atoms with Crippen molar-refractivity contribution in [1.29, 1.82) is 0 Å². The summed E-state index contributed by atoms with van der Waals surface area (Å²) in [5.74, 6) is 0.0461. The third-order valence-electron chi connectivity index (χ3n) is 6.33. The molecule has 1 aromatic heterocycles. The van der Waals surface area contributed by atoms with Crippen molar-refractivity contribution in [3.8, 4) is 11.3 Å². The fourth-order valence-electron chi connectivity index (χ4n) is 4.69. The minimum atomic E-state index is -4.11. The molecule has 2 aromatic rings. The molecule has 0 amide bonds. The molecule has 1 spiro atoms. The number of hydrogen-bond donors (Lipinski definition) is 1. The van der Waals surface area contributed by atoms with Crippen LogP contribution in [0.3, 0.4) is 0 Å². The molecule has 0 unspecified atom stereocenters. The molecule has 8 heteroatoms. The van der Waals surface area contributed by atoms with E-state index in [1.165, 1.54) is 25.7 Å². The van der Waals surface area contributed by atoms with Crippen LogP contribution in [0.25, 0.3) is 11.3 Å². The van der Waals surface area contributed by atoms with Crippen LogP contribution in [0.4, 0.5) is 14.6 Å². The maximum absolute atomic E-state index is 14.1. The Bertz CT molecular complexity index is 917. The molecule has 0 atom stereocenters. The zero-order chi connectivity index (χ0) is 20.8. The maximum atomic E-state index is 14.1. The Balaban J connectivity index is 1.73. The van der Waals surface area contributed by atoms with E-state index in [0.29, 0.717) is 34.8 Å². The predicted octanol–water partition coefficient (Wildman–Crippen LogP) is 5.96. The fourth-order valence-corrected chi connectivity index (χ4v) is 5.08. The van der Waals surface area contributed by atoms with Crippen LogP contribution in [-0.2, 0) is 6.11 Å². The molecule has 0 radical (unpaired) electrons. The molecule has 2 heterocycles. The van der Waals surface area contributed by atoms with Crippen LogP contribution in [0.5, 0.6) is 0 Å². The normalized spacial score (nSPS) is 19.2. The Morgan fingerprint density at radius 1 is 1.07 bits per heavy atom. The van der Waals surface area contributed by atoms with E-state index in [0.717, 1.165) is 12.8 Å². The van der Waals surface area contributed by atoms with Crippen molar-refractivity contribution in [2.75, 3.05) is 18.0 Å². The molecular weight excluding hydrogens is 419 g/mol. The summed E-state index contributed by atoms with van der Waals surface area (Å²) in [6.45, 7) is 2.97. The first-order valence-electron chi connectivity index (χ1n) is 9.89. The highest BCUT2D eigenvalue weighted by Crippen LogP contribution is 2.47. The van der Waals surface area contributed by atoms with E-state index in [1.807, 2.05) is 4.90 Å². The molecule has 1 aromatic carbocycles. The van der Waals surface area contributed by atoms with Crippen molar-refractivity contribution < 1.29 is 13.9 Å². The number of piperidine rings is 1. The van der Waals surface area contributed by atoms with Gasteiger partial charge in [0.1, 0.15) is 0 Å². The third-order valence-corrected chi connectivity index (χ3v) is 7.15.